The molecule has 2 N–H and O–H groups in total. The smallest absolute Gasteiger partial charge is 0.319 e. The van der Waals surface area contributed by atoms with E-state index in [4.69, 9.17) is 11.6 Å². The molecular weight excluding hydrogens is 287 g/mol. The van der Waals surface area contributed by atoms with Crippen molar-refractivity contribution in [2.45, 2.75) is 13.0 Å². The number of carbonyl (C=O) groups excluding carboxylic acids is 1. The summed E-state index contributed by atoms with van der Waals surface area (Å²) in [5.41, 5.74) is 0.374. The number of urea groups is 1. The van der Waals surface area contributed by atoms with Crippen LogP contribution >= 0.6 is 22.9 Å². The van der Waals surface area contributed by atoms with Gasteiger partial charge in [0.25, 0.3) is 0 Å². The quantitative estimate of drug-likeness (QED) is 0.865. The molecule has 19 heavy (non-hydrogen) atoms. The van der Waals surface area contributed by atoms with E-state index in [1.54, 1.807) is 11.3 Å². The summed E-state index contributed by atoms with van der Waals surface area (Å²) in [6, 6.07) is 7.21. The van der Waals surface area contributed by atoms with Crippen molar-refractivity contribution in [1.82, 2.24) is 5.32 Å². The Bertz CT molecular complexity index is 574. The summed E-state index contributed by atoms with van der Waals surface area (Å²) < 4.78 is 12.9. The van der Waals surface area contributed by atoms with Gasteiger partial charge in [-0.15, -0.1) is 11.3 Å². The van der Waals surface area contributed by atoms with E-state index in [0.29, 0.717) is 5.69 Å². The highest BCUT2D eigenvalue weighted by atomic mass is 35.5. The average molecular weight is 299 g/mol. The second-order valence-electron chi connectivity index (χ2n) is 3.96. The number of benzene rings is 1. The van der Waals surface area contributed by atoms with Gasteiger partial charge in [0.05, 0.1) is 16.8 Å². The predicted molar refractivity (Wildman–Crippen MR) is 76.3 cm³/mol. The maximum absolute atomic E-state index is 12.9. The zero-order valence-electron chi connectivity index (χ0n) is 10.1. The third-order valence-corrected chi connectivity index (χ3v) is 3.86. The van der Waals surface area contributed by atoms with Gasteiger partial charge in [0.1, 0.15) is 5.82 Å². The molecule has 0 aliphatic heterocycles. The van der Waals surface area contributed by atoms with Gasteiger partial charge in [0.2, 0.25) is 0 Å². The molecule has 0 aliphatic carbocycles. The molecule has 6 heteroatoms. The molecule has 0 bridgehead atoms. The van der Waals surface area contributed by atoms with Crippen molar-refractivity contribution < 1.29 is 9.18 Å². The highest BCUT2D eigenvalue weighted by molar-refractivity contribution is 7.10. The van der Waals surface area contributed by atoms with Gasteiger partial charge in [-0.3, -0.25) is 0 Å². The summed E-state index contributed by atoms with van der Waals surface area (Å²) >= 11 is 7.40. The van der Waals surface area contributed by atoms with Crippen LogP contribution in [0.4, 0.5) is 14.9 Å². The Morgan fingerprint density at radius 2 is 2.21 bits per heavy atom. The van der Waals surface area contributed by atoms with Gasteiger partial charge >= 0.3 is 6.03 Å². The second-order valence-corrected chi connectivity index (χ2v) is 5.35. The molecule has 0 spiro atoms. The van der Waals surface area contributed by atoms with E-state index in [-0.39, 0.29) is 17.1 Å². The Morgan fingerprint density at radius 3 is 2.84 bits per heavy atom. The first kappa shape index (κ1) is 13.8. The second kappa shape index (κ2) is 6.04. The molecular formula is C13H12ClFN2OS. The Balaban J connectivity index is 1.98. The average Bonchev–Trinajstić information content (AvgIpc) is 2.86. The topological polar surface area (TPSA) is 41.1 Å². The summed E-state index contributed by atoms with van der Waals surface area (Å²) in [5, 5.41) is 7.48. The molecule has 1 atom stereocenters. The van der Waals surface area contributed by atoms with Crippen LogP contribution in [0, 0.1) is 5.82 Å². The fourth-order valence-corrected chi connectivity index (χ4v) is 2.50. The summed E-state index contributed by atoms with van der Waals surface area (Å²) in [6.45, 7) is 1.89. The SMILES string of the molecule is CC(NC(=O)Nc1ccc(F)cc1Cl)c1cccs1. The largest absolute Gasteiger partial charge is 0.331 e. The van der Waals surface area contributed by atoms with Gasteiger partial charge in [-0.25, -0.2) is 9.18 Å². The van der Waals surface area contributed by atoms with Crippen molar-refractivity contribution in [3.63, 3.8) is 0 Å². The van der Waals surface area contributed by atoms with Crippen LogP contribution in [-0.2, 0) is 0 Å². The van der Waals surface area contributed by atoms with Crippen LogP contribution < -0.4 is 10.6 Å². The Hall–Kier alpha value is -1.59. The molecule has 1 heterocycles. The zero-order chi connectivity index (χ0) is 13.8. The summed E-state index contributed by atoms with van der Waals surface area (Å²) in [6.07, 6.45) is 0. The first-order chi connectivity index (χ1) is 9.06. The fourth-order valence-electron chi connectivity index (χ4n) is 1.55. The number of amides is 2. The number of anilines is 1. The lowest BCUT2D eigenvalue weighted by molar-refractivity contribution is 0.249. The molecule has 0 radical (unpaired) electrons. The minimum atomic E-state index is -0.442. The summed E-state index contributed by atoms with van der Waals surface area (Å²) in [7, 11) is 0. The third-order valence-electron chi connectivity index (χ3n) is 2.50. The molecule has 0 fully saturated rings. The van der Waals surface area contributed by atoms with Gasteiger partial charge < -0.3 is 10.6 Å². The van der Waals surface area contributed by atoms with Crippen molar-refractivity contribution in [3.8, 4) is 0 Å². The van der Waals surface area contributed by atoms with E-state index in [2.05, 4.69) is 10.6 Å². The molecule has 100 valence electrons. The molecule has 1 unspecified atom stereocenters. The van der Waals surface area contributed by atoms with Crippen LogP contribution in [0.15, 0.2) is 35.7 Å². The van der Waals surface area contributed by atoms with Crippen molar-refractivity contribution in [2.75, 3.05) is 5.32 Å². The van der Waals surface area contributed by atoms with Crippen molar-refractivity contribution >= 4 is 34.7 Å². The summed E-state index contributed by atoms with van der Waals surface area (Å²) in [5.74, 6) is -0.442. The molecule has 1 aromatic heterocycles. The number of rotatable bonds is 3. The minimum absolute atomic E-state index is 0.0979. The van der Waals surface area contributed by atoms with E-state index in [9.17, 15) is 9.18 Å². The maximum atomic E-state index is 12.9. The molecule has 2 amide bonds. The van der Waals surface area contributed by atoms with Gasteiger partial charge in [0, 0.05) is 4.88 Å². The highest BCUT2D eigenvalue weighted by Crippen LogP contribution is 2.23. The van der Waals surface area contributed by atoms with Crippen LogP contribution in [0.1, 0.15) is 17.8 Å². The van der Waals surface area contributed by atoms with Crippen molar-refractivity contribution in [1.29, 1.82) is 0 Å². The first-order valence-electron chi connectivity index (χ1n) is 5.62. The Kier molecular flexibility index (Phi) is 4.39. The van der Waals surface area contributed by atoms with E-state index in [1.807, 2.05) is 24.4 Å². The lowest BCUT2D eigenvalue weighted by Crippen LogP contribution is -2.30. The molecule has 1 aromatic carbocycles. The van der Waals surface area contributed by atoms with Gasteiger partial charge in [0.15, 0.2) is 0 Å². The molecule has 2 rings (SSSR count). The standard InChI is InChI=1S/C13H12ClFN2OS/c1-8(12-3-2-6-19-12)16-13(18)17-11-5-4-9(15)7-10(11)14/h2-8H,1H3,(H2,16,17,18). The van der Waals surface area contributed by atoms with E-state index < -0.39 is 5.82 Å². The molecule has 0 saturated carbocycles. The predicted octanol–water partition coefficient (Wildman–Crippen LogP) is 4.42. The van der Waals surface area contributed by atoms with Gasteiger partial charge in [-0.05, 0) is 36.6 Å². The maximum Gasteiger partial charge on any atom is 0.319 e. The first-order valence-corrected chi connectivity index (χ1v) is 6.88. The highest BCUT2D eigenvalue weighted by Gasteiger charge is 2.11. The molecule has 2 aromatic rings. The van der Waals surface area contributed by atoms with Crippen LogP contribution in [0.25, 0.3) is 0 Å². The minimum Gasteiger partial charge on any atom is -0.331 e. The summed E-state index contributed by atoms with van der Waals surface area (Å²) in [4.78, 5) is 12.8. The number of halogens is 2. The van der Waals surface area contributed by atoms with E-state index >= 15 is 0 Å². The Labute approximate surface area is 119 Å². The van der Waals surface area contributed by atoms with Crippen LogP contribution in [0.3, 0.4) is 0 Å². The number of hydrogen-bond donors (Lipinski definition) is 2. The number of thiophene rings is 1. The van der Waals surface area contributed by atoms with Gasteiger partial charge in [-0.1, -0.05) is 17.7 Å². The Morgan fingerprint density at radius 1 is 1.42 bits per heavy atom. The van der Waals surface area contributed by atoms with Crippen LogP contribution in [-0.4, -0.2) is 6.03 Å². The monoisotopic (exact) mass is 298 g/mol. The lowest BCUT2D eigenvalue weighted by Gasteiger charge is -2.13. The van der Waals surface area contributed by atoms with Crippen LogP contribution in [0.5, 0.6) is 0 Å². The third kappa shape index (κ3) is 3.68. The molecule has 0 aliphatic rings. The fraction of sp³-hybridized carbons (Fsp3) is 0.154. The van der Waals surface area contributed by atoms with Crippen LogP contribution in [0.2, 0.25) is 5.02 Å². The van der Waals surface area contributed by atoms with Crippen molar-refractivity contribution in [2.24, 2.45) is 0 Å². The molecule has 0 saturated heterocycles. The normalized spacial score (nSPS) is 11.9. The van der Waals surface area contributed by atoms with Crippen molar-refractivity contribution in [3.05, 3.63) is 51.4 Å². The molecule has 3 nitrogen and oxygen atoms in total. The number of carbonyl (C=O) groups is 1. The van der Waals surface area contributed by atoms with E-state index in [1.165, 1.54) is 12.1 Å². The number of nitrogens with one attached hydrogen (secondary N) is 2. The van der Waals surface area contributed by atoms with Gasteiger partial charge in [-0.2, -0.15) is 0 Å². The zero-order valence-corrected chi connectivity index (χ0v) is 11.7. The van der Waals surface area contributed by atoms with E-state index in [0.717, 1.165) is 10.9 Å². The number of hydrogen-bond acceptors (Lipinski definition) is 2. The lowest BCUT2D eigenvalue weighted by atomic mass is 10.3.